The van der Waals surface area contributed by atoms with Gasteiger partial charge in [-0.2, -0.15) is 5.10 Å². The van der Waals surface area contributed by atoms with Crippen LogP contribution in [0.1, 0.15) is 61.1 Å². The molecule has 2 aliphatic heterocycles. The predicted molar refractivity (Wildman–Crippen MR) is 150 cm³/mol. The Morgan fingerprint density at radius 3 is 2.73 bits per heavy atom. The minimum absolute atomic E-state index is 0.0258. The largest absolute Gasteiger partial charge is 0.378 e. The molecule has 0 amide bonds. The number of aromatic nitrogens is 7. The van der Waals surface area contributed by atoms with E-state index >= 15 is 0 Å². The number of hydrogen-bond acceptors (Lipinski definition) is 9. The fraction of sp³-hybridized carbons (Fsp3) is 0.448. The Morgan fingerprint density at radius 2 is 2.02 bits per heavy atom. The molecule has 3 aromatic heterocycles. The number of nitrogens with one attached hydrogen (secondary N) is 1. The Morgan fingerprint density at radius 1 is 1.18 bits per heavy atom. The van der Waals surface area contributed by atoms with Crippen LogP contribution in [0.5, 0.6) is 0 Å². The zero-order valence-electron chi connectivity index (χ0n) is 23.4. The number of anilines is 2. The molecule has 1 aromatic carbocycles. The molecule has 1 saturated heterocycles. The normalized spacial score (nSPS) is 18.1. The van der Waals surface area contributed by atoms with Crippen molar-refractivity contribution in [3.63, 3.8) is 0 Å². The number of hydrogen-bond donors (Lipinski definition) is 1. The van der Waals surface area contributed by atoms with Gasteiger partial charge in [0, 0.05) is 38.0 Å². The van der Waals surface area contributed by atoms with Gasteiger partial charge in [0.25, 0.3) is 0 Å². The lowest BCUT2D eigenvalue weighted by Gasteiger charge is -2.36. The van der Waals surface area contributed by atoms with Crippen molar-refractivity contribution < 1.29 is 9.53 Å². The Balaban J connectivity index is 1.28. The van der Waals surface area contributed by atoms with Gasteiger partial charge in [-0.05, 0) is 62.9 Å². The van der Waals surface area contributed by atoms with Gasteiger partial charge in [-0.15, -0.1) is 5.10 Å². The number of carbonyl (C=O) groups excluding carboxylic acids is 1. The van der Waals surface area contributed by atoms with E-state index in [2.05, 4.69) is 48.8 Å². The maximum absolute atomic E-state index is 13.4. The molecule has 11 nitrogen and oxygen atoms in total. The van der Waals surface area contributed by atoms with Gasteiger partial charge < -0.3 is 10.1 Å². The summed E-state index contributed by atoms with van der Waals surface area (Å²) in [5.74, 6) is 0.633. The van der Waals surface area contributed by atoms with Crippen LogP contribution in [0.4, 0.5) is 11.6 Å². The number of aryl methyl sites for hydroxylation is 1. The summed E-state index contributed by atoms with van der Waals surface area (Å²) >= 11 is 0. The van der Waals surface area contributed by atoms with E-state index in [-0.39, 0.29) is 17.2 Å². The van der Waals surface area contributed by atoms with Crippen molar-refractivity contribution in [1.29, 1.82) is 0 Å². The lowest BCUT2D eigenvalue weighted by Crippen LogP contribution is -2.48. The van der Waals surface area contributed by atoms with Crippen LogP contribution in [0.3, 0.4) is 0 Å². The SMILES string of the molecule is Cn1cc(Nc2nccc(-c3ccc4c(c3)CN(C3COC3)CC[C@H]4CC(=O)c3cn(C(C)(C)C)nn3)n2)cn1. The third kappa shape index (κ3) is 5.52. The smallest absolute Gasteiger partial charge is 0.227 e. The highest BCUT2D eigenvalue weighted by Gasteiger charge is 2.32. The number of Topliss-reactive ketones (excluding diaryl/α,β-unsaturated/α-hetero) is 1. The Bertz CT molecular complexity index is 1520. The average Bonchev–Trinajstić information content (AvgIpc) is 3.51. The molecule has 11 heteroatoms. The van der Waals surface area contributed by atoms with Crippen LogP contribution >= 0.6 is 0 Å². The van der Waals surface area contributed by atoms with Gasteiger partial charge in [0.1, 0.15) is 5.69 Å². The summed E-state index contributed by atoms with van der Waals surface area (Å²) in [6.07, 6.45) is 8.44. The first kappa shape index (κ1) is 26.3. The lowest BCUT2D eigenvalue weighted by molar-refractivity contribution is -0.0677. The van der Waals surface area contributed by atoms with Crippen LogP contribution in [0.25, 0.3) is 11.3 Å². The quantitative estimate of drug-likeness (QED) is 0.348. The van der Waals surface area contributed by atoms with Gasteiger partial charge in [-0.1, -0.05) is 17.3 Å². The molecule has 5 heterocycles. The number of ketones is 1. The first-order chi connectivity index (χ1) is 19.2. The van der Waals surface area contributed by atoms with E-state index in [1.807, 2.05) is 40.1 Å². The maximum Gasteiger partial charge on any atom is 0.227 e. The number of rotatable bonds is 7. The fourth-order valence-electron chi connectivity index (χ4n) is 5.28. The standard InChI is InChI=1S/C29H35N9O2/c1-29(2,3)38-16-26(34-35-38)27(39)12-19-8-10-37(23-17-40-18-23)14-21-11-20(5-6-24(19)21)25-7-9-30-28(33-25)32-22-13-31-36(4)15-22/h5-7,9,11,13,15-16,19,23H,8,10,12,14,17-18H2,1-4H3,(H,30,32,33)/t19-/m0/s1. The number of ether oxygens (including phenoxy) is 1. The Hall–Kier alpha value is -3.96. The minimum atomic E-state index is -0.226. The van der Waals surface area contributed by atoms with E-state index in [1.54, 1.807) is 28.0 Å². The van der Waals surface area contributed by atoms with Crippen molar-refractivity contribution in [2.75, 3.05) is 25.1 Å². The van der Waals surface area contributed by atoms with Crippen molar-refractivity contribution in [2.24, 2.45) is 7.05 Å². The molecule has 208 valence electrons. The molecular formula is C29H35N9O2. The van der Waals surface area contributed by atoms with Crippen LogP contribution in [-0.4, -0.2) is 71.2 Å². The van der Waals surface area contributed by atoms with Crippen LogP contribution in [0, 0.1) is 0 Å². The maximum atomic E-state index is 13.4. The van der Waals surface area contributed by atoms with Crippen LogP contribution < -0.4 is 5.32 Å². The van der Waals surface area contributed by atoms with Gasteiger partial charge in [-0.25, -0.2) is 14.6 Å². The monoisotopic (exact) mass is 541 g/mol. The van der Waals surface area contributed by atoms with Crippen molar-refractivity contribution in [1.82, 2.24) is 39.6 Å². The fourth-order valence-corrected chi connectivity index (χ4v) is 5.28. The summed E-state index contributed by atoms with van der Waals surface area (Å²) in [7, 11) is 1.87. The summed E-state index contributed by atoms with van der Waals surface area (Å²) in [5, 5.41) is 15.8. The Labute approximate surface area is 233 Å². The van der Waals surface area contributed by atoms with Crippen molar-refractivity contribution in [3.05, 3.63) is 65.9 Å². The summed E-state index contributed by atoms with van der Waals surface area (Å²) in [5.41, 5.74) is 5.31. The number of carbonyl (C=O) groups is 1. The molecule has 40 heavy (non-hydrogen) atoms. The predicted octanol–water partition coefficient (Wildman–Crippen LogP) is 3.93. The van der Waals surface area contributed by atoms with Crippen molar-refractivity contribution in [2.45, 2.75) is 57.7 Å². The number of benzene rings is 1. The molecule has 0 radical (unpaired) electrons. The topological polar surface area (TPSA) is 116 Å². The second kappa shape index (κ2) is 10.5. The zero-order valence-corrected chi connectivity index (χ0v) is 23.4. The van der Waals surface area contributed by atoms with Crippen LogP contribution in [0.15, 0.2) is 49.1 Å². The van der Waals surface area contributed by atoms with Gasteiger partial charge in [0.15, 0.2) is 5.78 Å². The third-order valence-corrected chi connectivity index (χ3v) is 7.67. The lowest BCUT2D eigenvalue weighted by atomic mass is 9.87. The molecule has 0 aliphatic carbocycles. The molecule has 4 aromatic rings. The molecule has 0 bridgehead atoms. The Kier molecular flexibility index (Phi) is 6.93. The summed E-state index contributed by atoms with van der Waals surface area (Å²) in [6, 6.07) is 8.82. The molecule has 0 unspecified atom stereocenters. The molecular weight excluding hydrogens is 506 g/mol. The van der Waals surface area contributed by atoms with E-state index in [9.17, 15) is 4.79 Å². The number of nitrogens with zero attached hydrogens (tertiary/aromatic N) is 8. The third-order valence-electron chi connectivity index (χ3n) is 7.67. The average molecular weight is 542 g/mol. The first-order valence-corrected chi connectivity index (χ1v) is 13.7. The van der Waals surface area contributed by atoms with Crippen LogP contribution in [0.2, 0.25) is 0 Å². The van der Waals surface area contributed by atoms with E-state index < -0.39 is 0 Å². The second-order valence-corrected chi connectivity index (χ2v) is 11.7. The van der Waals surface area contributed by atoms with Crippen molar-refractivity contribution >= 4 is 17.4 Å². The highest BCUT2D eigenvalue weighted by Crippen LogP contribution is 2.36. The van der Waals surface area contributed by atoms with Gasteiger partial charge in [0.2, 0.25) is 5.95 Å². The molecule has 0 saturated carbocycles. The van der Waals surface area contributed by atoms with Crippen LogP contribution in [-0.2, 0) is 23.9 Å². The molecule has 0 spiro atoms. The summed E-state index contributed by atoms with van der Waals surface area (Å²) in [4.78, 5) is 25.0. The zero-order chi connectivity index (χ0) is 27.9. The van der Waals surface area contributed by atoms with Gasteiger partial charge >= 0.3 is 0 Å². The molecule has 1 N–H and O–H groups in total. The highest BCUT2D eigenvalue weighted by molar-refractivity contribution is 5.94. The van der Waals surface area contributed by atoms with Crippen molar-refractivity contribution in [3.8, 4) is 11.3 Å². The van der Waals surface area contributed by atoms with Gasteiger partial charge in [0.05, 0.1) is 48.6 Å². The van der Waals surface area contributed by atoms with Gasteiger partial charge in [-0.3, -0.25) is 14.4 Å². The minimum Gasteiger partial charge on any atom is -0.378 e. The molecule has 6 rings (SSSR count). The summed E-state index contributed by atoms with van der Waals surface area (Å²) in [6.45, 7) is 9.37. The second-order valence-electron chi connectivity index (χ2n) is 11.7. The highest BCUT2D eigenvalue weighted by atomic mass is 16.5. The summed E-state index contributed by atoms with van der Waals surface area (Å²) < 4.78 is 8.99. The van der Waals surface area contributed by atoms with E-state index in [0.717, 1.165) is 49.7 Å². The number of fused-ring (bicyclic) bond motifs is 1. The molecule has 1 atom stereocenters. The first-order valence-electron chi connectivity index (χ1n) is 13.7. The molecule has 1 fully saturated rings. The molecule has 2 aliphatic rings. The van der Waals surface area contributed by atoms with E-state index in [4.69, 9.17) is 9.72 Å². The van der Waals surface area contributed by atoms with E-state index in [0.29, 0.717) is 24.1 Å². The van der Waals surface area contributed by atoms with E-state index in [1.165, 1.54) is 11.1 Å².